The summed E-state index contributed by atoms with van der Waals surface area (Å²) in [6, 6.07) is 6.44. The SMILES string of the molecule is CCNC(=NCC(C)(C)c1ccc(OC)c(OC)c1)NC1CC2CCC1O2.I. The van der Waals surface area contributed by atoms with E-state index in [2.05, 4.69) is 37.5 Å². The highest BCUT2D eigenvalue weighted by molar-refractivity contribution is 14.0. The van der Waals surface area contributed by atoms with Crippen LogP contribution in [0.4, 0.5) is 0 Å². The van der Waals surface area contributed by atoms with Crippen molar-refractivity contribution in [1.29, 1.82) is 0 Å². The smallest absolute Gasteiger partial charge is 0.191 e. The van der Waals surface area contributed by atoms with Crippen molar-refractivity contribution in [2.45, 2.75) is 63.7 Å². The number of benzene rings is 1. The lowest BCUT2D eigenvalue weighted by atomic mass is 9.84. The minimum absolute atomic E-state index is 0. The highest BCUT2D eigenvalue weighted by Gasteiger charge is 2.41. The van der Waals surface area contributed by atoms with Crippen LogP contribution in [0.1, 0.15) is 45.6 Å². The third kappa shape index (κ3) is 5.23. The molecular formula is C21H34IN3O3. The number of halogens is 1. The molecule has 2 N–H and O–H groups in total. The lowest BCUT2D eigenvalue weighted by Gasteiger charge is -2.26. The fourth-order valence-corrected chi connectivity index (χ4v) is 3.91. The number of rotatable bonds is 7. The summed E-state index contributed by atoms with van der Waals surface area (Å²) < 4.78 is 16.8. The number of fused-ring (bicyclic) bond motifs is 2. The van der Waals surface area contributed by atoms with E-state index in [1.54, 1.807) is 14.2 Å². The standard InChI is InChI=1S/C21H33N3O3.HI/c1-6-22-20(24-16-12-15-8-10-17(16)27-15)23-13-21(2,3)14-7-9-18(25-4)19(11-14)26-5;/h7,9,11,15-17H,6,8,10,12-13H2,1-5H3,(H2,22,23,24);1H. The van der Waals surface area contributed by atoms with Crippen LogP contribution in [-0.4, -0.2) is 51.5 Å². The highest BCUT2D eigenvalue weighted by atomic mass is 127. The predicted octanol–water partition coefficient (Wildman–Crippen LogP) is 3.47. The van der Waals surface area contributed by atoms with Gasteiger partial charge in [0, 0.05) is 12.0 Å². The number of nitrogens with zero attached hydrogens (tertiary/aromatic N) is 1. The van der Waals surface area contributed by atoms with Crippen LogP contribution in [0, 0.1) is 0 Å². The monoisotopic (exact) mass is 503 g/mol. The molecule has 1 aromatic rings. The fourth-order valence-electron chi connectivity index (χ4n) is 3.91. The van der Waals surface area contributed by atoms with Gasteiger partial charge in [-0.1, -0.05) is 19.9 Å². The van der Waals surface area contributed by atoms with Crippen molar-refractivity contribution in [3.63, 3.8) is 0 Å². The third-order valence-electron chi connectivity index (χ3n) is 5.57. The molecule has 2 aliphatic heterocycles. The van der Waals surface area contributed by atoms with E-state index in [1.807, 2.05) is 12.1 Å². The van der Waals surface area contributed by atoms with Crippen molar-refractivity contribution >= 4 is 29.9 Å². The topological polar surface area (TPSA) is 64.1 Å². The summed E-state index contributed by atoms with van der Waals surface area (Å²) in [5, 5.41) is 6.95. The lowest BCUT2D eigenvalue weighted by Crippen LogP contribution is -2.47. The first-order valence-corrected chi connectivity index (χ1v) is 9.89. The van der Waals surface area contributed by atoms with Crippen molar-refractivity contribution < 1.29 is 14.2 Å². The van der Waals surface area contributed by atoms with Crippen LogP contribution in [0.15, 0.2) is 23.2 Å². The van der Waals surface area contributed by atoms with E-state index in [9.17, 15) is 0 Å². The second-order valence-electron chi connectivity index (χ2n) is 8.01. The normalized spacial score (nSPS) is 23.9. The molecule has 7 heteroatoms. The molecule has 6 nitrogen and oxygen atoms in total. The molecule has 2 saturated heterocycles. The van der Waals surface area contributed by atoms with E-state index in [4.69, 9.17) is 19.2 Å². The largest absolute Gasteiger partial charge is 0.493 e. The molecule has 3 atom stereocenters. The Morgan fingerprint density at radius 1 is 1.21 bits per heavy atom. The molecule has 3 rings (SSSR count). The van der Waals surface area contributed by atoms with Crippen molar-refractivity contribution in [1.82, 2.24) is 10.6 Å². The first kappa shape index (κ1) is 23.1. The Morgan fingerprint density at radius 2 is 1.96 bits per heavy atom. The van der Waals surface area contributed by atoms with Crippen LogP contribution >= 0.6 is 24.0 Å². The first-order chi connectivity index (χ1) is 13.0. The summed E-state index contributed by atoms with van der Waals surface area (Å²) in [5.74, 6) is 2.36. The van der Waals surface area contributed by atoms with Gasteiger partial charge in [0.25, 0.3) is 0 Å². The summed E-state index contributed by atoms with van der Waals surface area (Å²) in [6.45, 7) is 7.99. The van der Waals surface area contributed by atoms with E-state index in [0.717, 1.165) is 36.8 Å². The minimum Gasteiger partial charge on any atom is -0.493 e. The van der Waals surface area contributed by atoms with Gasteiger partial charge in [0.2, 0.25) is 0 Å². The maximum absolute atomic E-state index is 5.95. The molecule has 0 saturated carbocycles. The second kappa shape index (κ2) is 10.0. The van der Waals surface area contributed by atoms with Crippen LogP contribution in [0.25, 0.3) is 0 Å². The number of nitrogens with one attached hydrogen (secondary N) is 2. The Bertz CT molecular complexity index is 681. The molecule has 2 bridgehead atoms. The van der Waals surface area contributed by atoms with Gasteiger partial charge in [0.1, 0.15) is 0 Å². The molecule has 0 radical (unpaired) electrons. The van der Waals surface area contributed by atoms with Crippen LogP contribution in [0.5, 0.6) is 11.5 Å². The van der Waals surface area contributed by atoms with Crippen LogP contribution in [-0.2, 0) is 10.2 Å². The lowest BCUT2D eigenvalue weighted by molar-refractivity contribution is 0.0992. The third-order valence-corrected chi connectivity index (χ3v) is 5.57. The van der Waals surface area contributed by atoms with Gasteiger partial charge >= 0.3 is 0 Å². The zero-order valence-electron chi connectivity index (χ0n) is 17.6. The highest BCUT2D eigenvalue weighted by Crippen LogP contribution is 2.35. The molecule has 3 unspecified atom stereocenters. The van der Waals surface area contributed by atoms with E-state index < -0.39 is 0 Å². The zero-order valence-corrected chi connectivity index (χ0v) is 19.9. The first-order valence-electron chi connectivity index (χ1n) is 9.89. The van der Waals surface area contributed by atoms with Crippen molar-refractivity contribution in [3.8, 4) is 11.5 Å². The zero-order chi connectivity index (χ0) is 19.4. The second-order valence-corrected chi connectivity index (χ2v) is 8.01. The Labute approximate surface area is 185 Å². The van der Waals surface area contributed by atoms with Gasteiger partial charge in [0.05, 0.1) is 39.0 Å². The summed E-state index contributed by atoms with van der Waals surface area (Å²) in [4.78, 5) is 4.87. The number of aliphatic imine (C=N–C) groups is 1. The maximum atomic E-state index is 5.95. The van der Waals surface area contributed by atoms with Crippen molar-refractivity contribution in [2.75, 3.05) is 27.3 Å². The molecule has 2 heterocycles. The molecule has 0 aliphatic carbocycles. The summed E-state index contributed by atoms with van der Waals surface area (Å²) in [5.41, 5.74) is 1.04. The number of guanidine groups is 1. The molecule has 1 aromatic carbocycles. The van der Waals surface area contributed by atoms with Crippen LogP contribution in [0.2, 0.25) is 0 Å². The van der Waals surface area contributed by atoms with Crippen molar-refractivity contribution in [2.24, 2.45) is 4.99 Å². The average molecular weight is 503 g/mol. The maximum Gasteiger partial charge on any atom is 0.191 e. The molecule has 2 fully saturated rings. The summed E-state index contributed by atoms with van der Waals surface area (Å²) >= 11 is 0. The van der Waals surface area contributed by atoms with E-state index in [-0.39, 0.29) is 29.4 Å². The minimum atomic E-state index is -0.132. The molecule has 0 amide bonds. The van der Waals surface area contributed by atoms with Crippen molar-refractivity contribution in [3.05, 3.63) is 23.8 Å². The predicted molar refractivity (Wildman–Crippen MR) is 123 cm³/mol. The Hall–Kier alpha value is -1.22. The van der Waals surface area contributed by atoms with Gasteiger partial charge in [0.15, 0.2) is 17.5 Å². The van der Waals surface area contributed by atoms with Gasteiger partial charge in [-0.15, -0.1) is 24.0 Å². The molecule has 28 heavy (non-hydrogen) atoms. The van der Waals surface area contributed by atoms with Gasteiger partial charge in [-0.25, -0.2) is 0 Å². The van der Waals surface area contributed by atoms with Crippen LogP contribution < -0.4 is 20.1 Å². The summed E-state index contributed by atoms with van der Waals surface area (Å²) in [7, 11) is 3.32. The van der Waals surface area contributed by atoms with Gasteiger partial charge in [-0.3, -0.25) is 4.99 Å². The average Bonchev–Trinajstić information content (AvgIpc) is 3.29. The summed E-state index contributed by atoms with van der Waals surface area (Å²) in [6.07, 6.45) is 4.19. The molecule has 158 valence electrons. The van der Waals surface area contributed by atoms with Gasteiger partial charge in [-0.05, 0) is 43.9 Å². The quantitative estimate of drug-likeness (QED) is 0.339. The van der Waals surface area contributed by atoms with Gasteiger partial charge in [-0.2, -0.15) is 0 Å². The fraction of sp³-hybridized carbons (Fsp3) is 0.667. The van der Waals surface area contributed by atoms with E-state index in [0.29, 0.717) is 24.8 Å². The molecule has 0 spiro atoms. The number of hydrogen-bond donors (Lipinski definition) is 2. The molecular weight excluding hydrogens is 469 g/mol. The Kier molecular flexibility index (Phi) is 8.24. The number of methoxy groups -OCH3 is 2. The molecule has 0 aromatic heterocycles. The van der Waals surface area contributed by atoms with Gasteiger partial charge < -0.3 is 24.8 Å². The van der Waals surface area contributed by atoms with E-state index in [1.165, 1.54) is 12.0 Å². The Morgan fingerprint density at radius 3 is 2.54 bits per heavy atom. The van der Waals surface area contributed by atoms with E-state index >= 15 is 0 Å². The Balaban J connectivity index is 0.00000280. The number of ether oxygens (including phenoxy) is 3. The number of hydrogen-bond acceptors (Lipinski definition) is 4. The molecule has 2 aliphatic rings. The van der Waals surface area contributed by atoms with Crippen LogP contribution in [0.3, 0.4) is 0 Å².